The van der Waals surface area contributed by atoms with Gasteiger partial charge >= 0.3 is 5.97 Å². The molecule has 210 valence electrons. The Morgan fingerprint density at radius 2 is 1.68 bits per heavy atom. The quantitative estimate of drug-likeness (QED) is 0.208. The Balaban J connectivity index is 1.59. The van der Waals surface area contributed by atoms with E-state index in [2.05, 4.69) is 0 Å². The fourth-order valence-electron chi connectivity index (χ4n) is 4.82. The molecule has 0 fully saturated rings. The minimum Gasteiger partial charge on any atom is -0.489 e. The summed E-state index contributed by atoms with van der Waals surface area (Å²) in [6.07, 6.45) is 1.69. The molecule has 8 heteroatoms. The maximum Gasteiger partial charge on any atom is 0.310 e. The number of aromatic nitrogens is 1. The molecule has 4 aromatic carbocycles. The number of benzene rings is 4. The molecule has 1 aromatic heterocycles. The summed E-state index contributed by atoms with van der Waals surface area (Å²) in [4.78, 5) is 12.3. The lowest BCUT2D eigenvalue weighted by atomic mass is 9.97. The average Bonchev–Trinajstić information content (AvgIpc) is 3.42. The first-order valence-electron chi connectivity index (χ1n) is 13.4. The molecule has 0 amide bonds. The smallest absolute Gasteiger partial charge is 0.310 e. The Hall–Kier alpha value is -4.40. The highest BCUT2D eigenvalue weighted by atomic mass is 32.2. The predicted molar refractivity (Wildman–Crippen MR) is 160 cm³/mol. The van der Waals surface area contributed by atoms with E-state index in [0.29, 0.717) is 30.0 Å². The third kappa shape index (κ3) is 6.04. The zero-order valence-electron chi connectivity index (χ0n) is 23.0. The summed E-state index contributed by atoms with van der Waals surface area (Å²) in [7, 11) is -3.86. The standard InChI is InChI=1S/C33H32N2O5S/c1-3-39-33(36)20-27-8-4-5-10-32(27)40-22-25-18-30(26-9-6-7-24(17-26)21-34)29-15-16-35(31(29)19-25)41(37,38)28-13-11-23(2)12-14-28/h4-19H,3,20-22,34H2,1-2H3. The summed E-state index contributed by atoms with van der Waals surface area (Å²) >= 11 is 0. The molecule has 0 saturated heterocycles. The number of hydrogen-bond donors (Lipinski definition) is 1. The molecule has 0 spiro atoms. The summed E-state index contributed by atoms with van der Waals surface area (Å²) in [5.41, 5.74) is 11.7. The van der Waals surface area contributed by atoms with E-state index in [1.165, 1.54) is 3.97 Å². The van der Waals surface area contributed by atoms with Gasteiger partial charge in [-0.25, -0.2) is 12.4 Å². The van der Waals surface area contributed by atoms with Gasteiger partial charge in [0.15, 0.2) is 0 Å². The Bertz CT molecular complexity index is 1810. The van der Waals surface area contributed by atoms with Crippen LogP contribution >= 0.6 is 0 Å². The van der Waals surface area contributed by atoms with Crippen LogP contribution in [-0.2, 0) is 39.1 Å². The number of nitrogens with two attached hydrogens (primary N) is 1. The van der Waals surface area contributed by atoms with Crippen LogP contribution in [0.1, 0.15) is 29.2 Å². The van der Waals surface area contributed by atoms with Gasteiger partial charge in [-0.1, -0.05) is 54.1 Å². The van der Waals surface area contributed by atoms with Gasteiger partial charge in [0.2, 0.25) is 0 Å². The van der Waals surface area contributed by atoms with Gasteiger partial charge in [0.1, 0.15) is 12.4 Å². The van der Waals surface area contributed by atoms with Gasteiger partial charge in [0.05, 0.1) is 23.4 Å². The number of nitrogens with zero attached hydrogens (tertiary/aromatic N) is 1. The first-order valence-corrected chi connectivity index (χ1v) is 14.9. The molecular weight excluding hydrogens is 536 g/mol. The van der Waals surface area contributed by atoms with Crippen molar-refractivity contribution in [2.75, 3.05) is 6.61 Å². The van der Waals surface area contributed by atoms with Gasteiger partial charge in [-0.3, -0.25) is 4.79 Å². The van der Waals surface area contributed by atoms with E-state index in [9.17, 15) is 13.2 Å². The van der Waals surface area contributed by atoms with Crippen molar-refractivity contribution in [3.8, 4) is 16.9 Å². The molecule has 0 aliphatic heterocycles. The van der Waals surface area contributed by atoms with Crippen molar-refractivity contribution < 1.29 is 22.7 Å². The molecule has 0 unspecified atom stereocenters. The number of hydrogen-bond acceptors (Lipinski definition) is 6. The van der Waals surface area contributed by atoms with Crippen LogP contribution in [0.25, 0.3) is 22.0 Å². The number of fused-ring (bicyclic) bond motifs is 1. The second kappa shape index (κ2) is 12.0. The van der Waals surface area contributed by atoms with Crippen molar-refractivity contribution in [3.05, 3.63) is 119 Å². The Morgan fingerprint density at radius 1 is 0.902 bits per heavy atom. The number of aryl methyl sites for hydroxylation is 1. The Kier molecular flexibility index (Phi) is 8.23. The highest BCUT2D eigenvalue weighted by molar-refractivity contribution is 7.90. The molecule has 0 radical (unpaired) electrons. The van der Waals surface area contributed by atoms with E-state index in [0.717, 1.165) is 33.2 Å². The molecule has 7 nitrogen and oxygen atoms in total. The van der Waals surface area contributed by atoms with Crippen molar-refractivity contribution in [1.29, 1.82) is 0 Å². The number of carbonyl (C=O) groups is 1. The van der Waals surface area contributed by atoms with Crippen LogP contribution in [0.5, 0.6) is 5.75 Å². The molecule has 0 saturated carbocycles. The Morgan fingerprint density at radius 3 is 2.44 bits per heavy atom. The average molecular weight is 569 g/mol. The van der Waals surface area contributed by atoms with Crippen LogP contribution in [0.2, 0.25) is 0 Å². The van der Waals surface area contributed by atoms with Gasteiger partial charge in [0, 0.05) is 23.7 Å². The fraction of sp³-hybridized carbons (Fsp3) is 0.182. The largest absolute Gasteiger partial charge is 0.489 e. The molecular formula is C33H32N2O5S. The van der Waals surface area contributed by atoms with Gasteiger partial charge in [0.25, 0.3) is 10.0 Å². The summed E-state index contributed by atoms with van der Waals surface area (Å²) in [5, 5.41) is 0.793. The first-order chi connectivity index (χ1) is 19.8. The van der Waals surface area contributed by atoms with Crippen LogP contribution in [-0.4, -0.2) is 25.0 Å². The zero-order chi connectivity index (χ0) is 29.0. The Labute approximate surface area is 240 Å². The molecule has 0 aliphatic carbocycles. The number of rotatable bonds is 10. The fourth-order valence-corrected chi connectivity index (χ4v) is 6.16. The number of ether oxygens (including phenoxy) is 2. The van der Waals surface area contributed by atoms with Crippen LogP contribution < -0.4 is 10.5 Å². The van der Waals surface area contributed by atoms with Crippen molar-refractivity contribution in [2.24, 2.45) is 5.73 Å². The zero-order valence-corrected chi connectivity index (χ0v) is 23.9. The van der Waals surface area contributed by atoms with Gasteiger partial charge in [-0.05, 0) is 78.6 Å². The maximum absolute atomic E-state index is 13.7. The normalized spacial score (nSPS) is 11.5. The summed E-state index contributed by atoms with van der Waals surface area (Å²) in [6.45, 7) is 4.54. The first kappa shape index (κ1) is 28.1. The summed E-state index contributed by atoms with van der Waals surface area (Å²) in [6, 6.07) is 27.7. The molecule has 0 atom stereocenters. The number of para-hydroxylation sites is 1. The van der Waals surface area contributed by atoms with Gasteiger partial charge < -0.3 is 15.2 Å². The van der Waals surface area contributed by atoms with Gasteiger partial charge in [-0.15, -0.1) is 0 Å². The lowest BCUT2D eigenvalue weighted by molar-refractivity contribution is -0.142. The summed E-state index contributed by atoms with van der Waals surface area (Å²) < 4.78 is 40.1. The monoisotopic (exact) mass is 568 g/mol. The molecule has 5 rings (SSSR count). The van der Waals surface area contributed by atoms with Crippen LogP contribution in [0.3, 0.4) is 0 Å². The van der Waals surface area contributed by atoms with E-state index in [-0.39, 0.29) is 23.9 Å². The molecule has 0 aliphatic rings. The minimum absolute atomic E-state index is 0.0951. The summed E-state index contributed by atoms with van der Waals surface area (Å²) in [5.74, 6) is 0.237. The van der Waals surface area contributed by atoms with E-state index >= 15 is 0 Å². The second-order valence-corrected chi connectivity index (χ2v) is 11.6. The number of carbonyl (C=O) groups excluding carboxylic acids is 1. The van der Waals surface area contributed by atoms with E-state index in [1.807, 2.05) is 73.7 Å². The lowest BCUT2D eigenvalue weighted by Crippen LogP contribution is -2.12. The van der Waals surface area contributed by atoms with Gasteiger partial charge in [-0.2, -0.15) is 0 Å². The SMILES string of the molecule is CCOC(=O)Cc1ccccc1OCc1cc(-c2cccc(CN)c2)c2ccn(S(=O)(=O)c3ccc(C)cc3)c2c1. The van der Waals surface area contributed by atoms with E-state index in [1.54, 1.807) is 37.4 Å². The van der Waals surface area contributed by atoms with Crippen LogP contribution in [0.4, 0.5) is 0 Å². The van der Waals surface area contributed by atoms with E-state index in [4.69, 9.17) is 15.2 Å². The van der Waals surface area contributed by atoms with E-state index < -0.39 is 10.0 Å². The molecule has 0 bridgehead atoms. The van der Waals surface area contributed by atoms with Crippen LogP contribution in [0.15, 0.2) is 102 Å². The molecule has 2 N–H and O–H groups in total. The third-order valence-corrected chi connectivity index (χ3v) is 8.59. The molecule has 41 heavy (non-hydrogen) atoms. The lowest BCUT2D eigenvalue weighted by Gasteiger charge is -2.14. The highest BCUT2D eigenvalue weighted by Crippen LogP contribution is 2.34. The van der Waals surface area contributed by atoms with Crippen molar-refractivity contribution in [2.45, 2.75) is 38.3 Å². The van der Waals surface area contributed by atoms with Crippen molar-refractivity contribution in [1.82, 2.24) is 3.97 Å². The van der Waals surface area contributed by atoms with Crippen LogP contribution in [0, 0.1) is 6.92 Å². The second-order valence-electron chi connectivity index (χ2n) is 9.79. The highest BCUT2D eigenvalue weighted by Gasteiger charge is 2.21. The van der Waals surface area contributed by atoms with Crippen molar-refractivity contribution >= 4 is 26.9 Å². The minimum atomic E-state index is -3.86. The molecule has 1 heterocycles. The predicted octanol–water partition coefficient (Wildman–Crippen LogP) is 6.00. The maximum atomic E-state index is 13.7. The third-order valence-electron chi connectivity index (χ3n) is 6.89. The molecule has 5 aromatic rings. The van der Waals surface area contributed by atoms with Crippen molar-refractivity contribution in [3.63, 3.8) is 0 Å². The number of esters is 1. The topological polar surface area (TPSA) is 101 Å².